The molecule has 4 heterocycles. The number of anilines is 1. The number of hydrogen-bond donors (Lipinski definition) is 0. The summed E-state index contributed by atoms with van der Waals surface area (Å²) in [5, 5.41) is 0.490. The molecule has 0 spiro atoms. The lowest BCUT2D eigenvalue weighted by molar-refractivity contribution is -0.0515. The predicted octanol–water partition coefficient (Wildman–Crippen LogP) is 9.30. The van der Waals surface area contributed by atoms with Crippen LogP contribution in [0.15, 0.2) is 79.1 Å². The third-order valence-corrected chi connectivity index (χ3v) is 10.0. The van der Waals surface area contributed by atoms with Crippen molar-refractivity contribution < 1.29 is 41.7 Å². The lowest BCUT2D eigenvalue weighted by atomic mass is 9.86. The number of alkyl halides is 2. The van der Waals surface area contributed by atoms with Crippen LogP contribution in [0.5, 0.6) is 11.5 Å². The summed E-state index contributed by atoms with van der Waals surface area (Å²) in [6.45, 7) is 1.60. The summed E-state index contributed by atoms with van der Waals surface area (Å²) in [6.07, 6.45) is 3.42. The molecule has 1 aromatic heterocycles. The van der Waals surface area contributed by atoms with Crippen molar-refractivity contribution in [2.45, 2.75) is 58.0 Å². The smallest absolute Gasteiger partial charge is 0.415 e. The molecule has 3 aliphatic heterocycles. The van der Waals surface area contributed by atoms with Gasteiger partial charge in [-0.25, -0.2) is 14.0 Å². The summed E-state index contributed by atoms with van der Waals surface area (Å²) in [7, 11) is 0. The Morgan fingerprint density at radius 1 is 0.981 bits per heavy atom. The van der Waals surface area contributed by atoms with Gasteiger partial charge in [0, 0.05) is 25.4 Å². The van der Waals surface area contributed by atoms with Crippen LogP contribution >= 0.6 is 23.2 Å². The van der Waals surface area contributed by atoms with Crippen LogP contribution in [0.4, 0.5) is 23.7 Å². The molecule has 2 atom stereocenters. The average Bonchev–Trinajstić information content (AvgIpc) is 3.15. The van der Waals surface area contributed by atoms with E-state index in [9.17, 15) is 18.4 Å². The maximum atomic E-state index is 15.0. The van der Waals surface area contributed by atoms with Gasteiger partial charge in [0.25, 0.3) is 0 Å². The first-order valence-corrected chi connectivity index (χ1v) is 18.1. The molecule has 0 saturated carbocycles. The topological polar surface area (TPSA) is 90.4 Å². The van der Waals surface area contributed by atoms with Gasteiger partial charge in [-0.2, -0.15) is 8.78 Å². The molecule has 3 aliphatic rings. The number of carbonyl (C=O) groups is 2. The number of carbonyl (C=O) groups excluding carboxylic acids is 2. The molecule has 53 heavy (non-hydrogen) atoms. The van der Waals surface area contributed by atoms with Crippen molar-refractivity contribution in [1.29, 1.82) is 0 Å². The number of fused-ring (bicyclic) bond motifs is 3. The van der Waals surface area contributed by atoms with E-state index in [0.717, 1.165) is 25.9 Å². The van der Waals surface area contributed by atoms with Crippen LogP contribution in [0.1, 0.15) is 59.3 Å². The number of amides is 1. The van der Waals surface area contributed by atoms with Gasteiger partial charge in [-0.15, -0.1) is 0 Å². The molecule has 3 saturated heterocycles. The summed E-state index contributed by atoms with van der Waals surface area (Å²) in [4.78, 5) is 34.8. The van der Waals surface area contributed by atoms with E-state index in [0.29, 0.717) is 29.7 Å². The molecule has 0 unspecified atom stereocenters. The van der Waals surface area contributed by atoms with E-state index in [1.54, 1.807) is 24.3 Å². The predicted molar refractivity (Wildman–Crippen MR) is 193 cm³/mol. The molecular weight excluding hydrogens is 734 g/mol. The van der Waals surface area contributed by atoms with Crippen molar-refractivity contribution in [1.82, 2.24) is 9.88 Å². The zero-order valence-corrected chi connectivity index (χ0v) is 30.4. The zero-order valence-electron chi connectivity index (χ0n) is 28.9. The number of hydrogen-bond acceptors (Lipinski definition) is 8. The molecule has 3 aromatic carbocycles. The number of esters is 1. The summed E-state index contributed by atoms with van der Waals surface area (Å²) >= 11 is 12.9. The van der Waals surface area contributed by atoms with E-state index in [-0.39, 0.29) is 64.4 Å². The second-order valence-electron chi connectivity index (χ2n) is 12.9. The molecule has 4 aromatic rings. The molecule has 0 radical (unpaired) electrons. The van der Waals surface area contributed by atoms with Crippen LogP contribution in [0.3, 0.4) is 0 Å². The molecule has 280 valence electrons. The van der Waals surface area contributed by atoms with E-state index in [1.165, 1.54) is 59.8 Å². The van der Waals surface area contributed by atoms with Crippen molar-refractivity contribution in [2.75, 3.05) is 31.1 Å². The van der Waals surface area contributed by atoms with E-state index < -0.39 is 30.6 Å². The number of benzene rings is 3. The highest BCUT2D eigenvalue weighted by atomic mass is 35.5. The van der Waals surface area contributed by atoms with Gasteiger partial charge in [-0.1, -0.05) is 60.5 Å². The summed E-state index contributed by atoms with van der Waals surface area (Å²) < 4.78 is 63.7. The Hall–Kier alpha value is -4.52. The van der Waals surface area contributed by atoms with Crippen molar-refractivity contribution in [3.8, 4) is 11.5 Å². The fraction of sp³-hybridized carbons (Fsp3) is 0.359. The van der Waals surface area contributed by atoms with Crippen LogP contribution in [0, 0.1) is 11.7 Å². The Labute approximate surface area is 315 Å². The lowest BCUT2D eigenvalue weighted by Crippen LogP contribution is -2.53. The molecule has 0 N–H and O–H groups in total. The number of aromatic nitrogens is 1. The molecule has 0 aliphatic carbocycles. The lowest BCUT2D eigenvalue weighted by Gasteiger charge is -2.44. The van der Waals surface area contributed by atoms with Gasteiger partial charge in [-0.05, 0) is 91.4 Å². The molecule has 9 nitrogen and oxygen atoms in total. The van der Waals surface area contributed by atoms with E-state index in [1.807, 2.05) is 6.92 Å². The van der Waals surface area contributed by atoms with Gasteiger partial charge in [0.2, 0.25) is 0 Å². The standard InChI is InChI=1S/C39H38Cl2F3N3O6/c1-2-17-50-35-18-27(11-12-33(35)52-38(43)44)34(19-28-29(40)20-45-21-30(28)41)51-37(48)26-9-7-24(8-10-26)22-47(32-6-4-3-5-31(32)42)39(49)53-36-23-46-15-13-25(36)14-16-46/h3-12,18,20-21,25,34,36,38H,2,13-17,19,22-23H2,1H3/t34-,36-/m0/s1. The first-order valence-electron chi connectivity index (χ1n) is 17.3. The molecular formula is C39H38Cl2F3N3O6. The van der Waals surface area contributed by atoms with Crippen LogP contribution < -0.4 is 14.4 Å². The van der Waals surface area contributed by atoms with Crippen LogP contribution in [0.25, 0.3) is 0 Å². The molecule has 14 heteroatoms. The number of piperidine rings is 3. The van der Waals surface area contributed by atoms with Gasteiger partial charge < -0.3 is 18.9 Å². The Balaban J connectivity index is 1.23. The van der Waals surface area contributed by atoms with Gasteiger partial charge in [0.1, 0.15) is 18.0 Å². The fourth-order valence-corrected chi connectivity index (χ4v) is 7.09. The van der Waals surface area contributed by atoms with Crippen molar-refractivity contribution in [3.05, 3.63) is 117 Å². The van der Waals surface area contributed by atoms with Gasteiger partial charge in [0.05, 0.1) is 34.4 Å². The molecule has 3 fully saturated rings. The van der Waals surface area contributed by atoms with Crippen molar-refractivity contribution in [3.63, 3.8) is 0 Å². The number of rotatable bonds is 14. The van der Waals surface area contributed by atoms with Crippen LogP contribution in [-0.4, -0.2) is 60.9 Å². The quantitative estimate of drug-likeness (QED) is 0.117. The van der Waals surface area contributed by atoms with Crippen molar-refractivity contribution in [2.24, 2.45) is 5.92 Å². The minimum Gasteiger partial charge on any atom is -0.490 e. The largest absolute Gasteiger partial charge is 0.490 e. The Kier molecular flexibility index (Phi) is 12.6. The average molecular weight is 773 g/mol. The number of para-hydroxylation sites is 1. The minimum atomic E-state index is -3.08. The first-order chi connectivity index (χ1) is 25.6. The van der Waals surface area contributed by atoms with Gasteiger partial charge >= 0.3 is 18.7 Å². The van der Waals surface area contributed by atoms with Crippen molar-refractivity contribution >= 4 is 41.0 Å². The monoisotopic (exact) mass is 771 g/mol. The van der Waals surface area contributed by atoms with E-state index in [4.69, 9.17) is 37.4 Å². The first kappa shape index (κ1) is 38.2. The Morgan fingerprint density at radius 2 is 1.70 bits per heavy atom. The number of pyridine rings is 1. The van der Waals surface area contributed by atoms with Crippen LogP contribution in [-0.2, 0) is 22.4 Å². The number of halogens is 5. The number of nitrogens with zero attached hydrogens (tertiary/aromatic N) is 3. The highest BCUT2D eigenvalue weighted by molar-refractivity contribution is 6.35. The van der Waals surface area contributed by atoms with Crippen LogP contribution in [0.2, 0.25) is 10.0 Å². The Bertz CT molecular complexity index is 1870. The van der Waals surface area contributed by atoms with E-state index >= 15 is 4.39 Å². The molecule has 1 amide bonds. The summed E-state index contributed by atoms with van der Waals surface area (Å²) in [6, 6.07) is 16.6. The maximum absolute atomic E-state index is 15.0. The SMILES string of the molecule is CCCOc1cc([C@H](Cc2c(Cl)cncc2Cl)OC(=O)c2ccc(CN(C(=O)O[C@H]3CN4CCC3CC4)c3ccccc3F)cc2)ccc1OC(F)F. The zero-order chi connectivity index (χ0) is 37.5. The molecule has 2 bridgehead atoms. The third kappa shape index (κ3) is 9.54. The summed E-state index contributed by atoms with van der Waals surface area (Å²) in [5.41, 5.74) is 1.73. The highest BCUT2D eigenvalue weighted by Gasteiger charge is 2.38. The highest BCUT2D eigenvalue weighted by Crippen LogP contribution is 2.37. The third-order valence-electron chi connectivity index (χ3n) is 9.35. The molecule has 7 rings (SSSR count). The van der Waals surface area contributed by atoms with Gasteiger partial charge in [-0.3, -0.25) is 14.8 Å². The number of ether oxygens (including phenoxy) is 4. The fourth-order valence-electron chi connectivity index (χ4n) is 6.57. The Morgan fingerprint density at radius 3 is 2.34 bits per heavy atom. The van der Waals surface area contributed by atoms with Gasteiger partial charge in [0.15, 0.2) is 11.5 Å². The normalized spacial score (nSPS) is 18.4. The minimum absolute atomic E-state index is 0.0194. The second-order valence-corrected chi connectivity index (χ2v) is 13.7. The second kappa shape index (κ2) is 17.5. The summed E-state index contributed by atoms with van der Waals surface area (Å²) in [5.74, 6) is -1.13. The maximum Gasteiger partial charge on any atom is 0.415 e. The van der Waals surface area contributed by atoms with E-state index in [2.05, 4.69) is 14.6 Å².